The second-order valence-electron chi connectivity index (χ2n) is 0.983. The predicted molar refractivity (Wildman–Crippen MR) is 25.0 cm³/mol. The summed E-state index contributed by atoms with van der Waals surface area (Å²) >= 11 is 0. The van der Waals surface area contributed by atoms with Crippen LogP contribution >= 0.6 is 0 Å². The van der Waals surface area contributed by atoms with E-state index in [1.807, 2.05) is 0 Å². The van der Waals surface area contributed by atoms with Gasteiger partial charge in [0, 0.05) is 11.9 Å². The number of rotatable bonds is 0. The fraction of sp³-hybridized carbons (Fsp3) is 0.500. The Hall–Kier alpha value is -0.386. The van der Waals surface area contributed by atoms with Gasteiger partial charge in [-0.15, -0.1) is 0 Å². The van der Waals surface area contributed by atoms with Gasteiger partial charge in [-0.2, -0.15) is 0 Å². The molecule has 6 heteroatoms. The maximum atomic E-state index is 8.89. The van der Waals surface area contributed by atoms with E-state index in [-0.39, 0.29) is 27.2 Å². The van der Waals surface area contributed by atoms with Crippen LogP contribution < -0.4 is 10.2 Å². The van der Waals surface area contributed by atoms with Gasteiger partial charge in [0.25, 0.3) is 0 Å². The Bertz CT molecular complexity index is 71.6. The number of hydrogen-bond donors (Lipinski definition) is 0. The summed E-state index contributed by atoms with van der Waals surface area (Å²) in [7, 11) is 0. The van der Waals surface area contributed by atoms with Gasteiger partial charge in [0.15, 0.2) is 0 Å². The average Bonchev–Trinajstić information content (AvgIpc) is 1.25. The Morgan fingerprint density at radius 2 is 1.00 bits per heavy atom. The summed E-state index contributed by atoms with van der Waals surface area (Å²) in [6.45, 7) is 1.94. The molecular weight excluding hydrogens is 176 g/mol. The van der Waals surface area contributed by atoms with Gasteiger partial charge in [0.2, 0.25) is 0 Å². The Labute approximate surface area is 73.2 Å². The molecule has 0 atom stereocenters. The monoisotopic (exact) mass is 184 g/mol. The molecule has 0 saturated heterocycles. The minimum atomic E-state index is -1.08. The Morgan fingerprint density at radius 3 is 1.00 bits per heavy atom. The molecule has 0 fully saturated rings. The average molecular weight is 184 g/mol. The fourth-order valence-corrected chi connectivity index (χ4v) is 0. The smallest absolute Gasteiger partial charge is 0.550 e. The molecule has 10 heavy (non-hydrogen) atoms. The summed E-state index contributed by atoms with van der Waals surface area (Å²) in [5.41, 5.74) is 0. The first-order valence-electron chi connectivity index (χ1n) is 1.82. The summed E-state index contributed by atoms with van der Waals surface area (Å²) in [6.07, 6.45) is 0. The second kappa shape index (κ2) is 15.8. The van der Waals surface area contributed by atoms with Crippen LogP contribution in [0.2, 0.25) is 0 Å². The zero-order valence-electron chi connectivity index (χ0n) is 5.63. The summed E-state index contributed by atoms with van der Waals surface area (Å²) in [5.74, 6) is -2.17. The Kier molecular flexibility index (Phi) is 35.9. The van der Waals surface area contributed by atoms with E-state index in [4.69, 9.17) is 19.8 Å². The van der Waals surface area contributed by atoms with Gasteiger partial charge in [-0.3, -0.25) is 0 Å². The molecule has 2 N–H and O–H groups in total. The first-order chi connectivity index (χ1) is 3.46. The maximum Gasteiger partial charge on any atom is 2.00 e. The molecule has 0 spiro atoms. The zero-order chi connectivity index (χ0) is 7.15. The molecule has 0 aliphatic rings. The Morgan fingerprint density at radius 1 is 1.00 bits per heavy atom. The molecule has 0 heterocycles. The predicted octanol–water partition coefficient (Wildman–Crippen LogP) is -3.31. The maximum absolute atomic E-state index is 8.89. The third kappa shape index (κ3) is 2240. The minimum Gasteiger partial charge on any atom is -0.550 e. The SMILES string of the molecule is CC(=O)[O-].CC(=O)[O-].O.[Ti+2]. The quantitative estimate of drug-likeness (QED) is 0.366. The molecule has 0 bridgehead atoms. The van der Waals surface area contributed by atoms with E-state index in [9.17, 15) is 0 Å². The minimum absolute atomic E-state index is 0. The van der Waals surface area contributed by atoms with E-state index < -0.39 is 11.9 Å². The molecule has 0 aliphatic carbocycles. The van der Waals surface area contributed by atoms with Crippen molar-refractivity contribution < 1.29 is 47.0 Å². The molecule has 0 radical (unpaired) electrons. The summed E-state index contributed by atoms with van der Waals surface area (Å²) in [6, 6.07) is 0. The topological polar surface area (TPSA) is 112 Å². The van der Waals surface area contributed by atoms with E-state index in [1.54, 1.807) is 0 Å². The van der Waals surface area contributed by atoms with Gasteiger partial charge >= 0.3 is 21.7 Å². The summed E-state index contributed by atoms with van der Waals surface area (Å²) in [5, 5.41) is 17.8. The normalized spacial score (nSPS) is 5.00. The van der Waals surface area contributed by atoms with Gasteiger partial charge in [-0.05, 0) is 13.8 Å². The van der Waals surface area contributed by atoms with Crippen LogP contribution in [0.25, 0.3) is 0 Å². The van der Waals surface area contributed by atoms with E-state index in [1.165, 1.54) is 0 Å². The number of aliphatic carboxylic acids is 2. The molecule has 0 aromatic heterocycles. The number of carboxylic acids is 2. The van der Waals surface area contributed by atoms with Crippen molar-refractivity contribution in [1.82, 2.24) is 0 Å². The standard InChI is InChI=1S/2C2H4O2.H2O.Ti/c2*1-2(3)4;;/h2*1H3,(H,3,4);1H2;/q;;;+2/p-2. The first kappa shape index (κ1) is 22.6. The molecule has 0 rings (SSSR count). The van der Waals surface area contributed by atoms with Gasteiger partial charge in [0.1, 0.15) is 0 Å². The third-order valence-electron chi connectivity index (χ3n) is 0. The molecule has 0 unspecified atom stereocenters. The molecule has 0 amide bonds. The molecule has 5 nitrogen and oxygen atoms in total. The van der Waals surface area contributed by atoms with E-state index in [0.29, 0.717) is 0 Å². The van der Waals surface area contributed by atoms with Gasteiger partial charge in [-0.25, -0.2) is 0 Å². The molecule has 0 saturated carbocycles. The van der Waals surface area contributed by atoms with Crippen LogP contribution in [-0.4, -0.2) is 17.4 Å². The zero-order valence-corrected chi connectivity index (χ0v) is 7.19. The van der Waals surface area contributed by atoms with Crippen LogP contribution in [-0.2, 0) is 31.3 Å². The van der Waals surface area contributed by atoms with Crippen LogP contribution in [0.3, 0.4) is 0 Å². The van der Waals surface area contributed by atoms with Crippen LogP contribution in [0.5, 0.6) is 0 Å². The number of carboxylic acid groups (broad SMARTS) is 2. The third-order valence-corrected chi connectivity index (χ3v) is 0. The van der Waals surface area contributed by atoms with Crippen molar-refractivity contribution in [3.63, 3.8) is 0 Å². The van der Waals surface area contributed by atoms with E-state index in [2.05, 4.69) is 0 Å². The van der Waals surface area contributed by atoms with Crippen molar-refractivity contribution in [3.8, 4) is 0 Å². The number of hydrogen-bond acceptors (Lipinski definition) is 4. The van der Waals surface area contributed by atoms with Crippen LogP contribution in [0, 0.1) is 0 Å². The van der Waals surface area contributed by atoms with Crippen molar-refractivity contribution >= 4 is 11.9 Å². The van der Waals surface area contributed by atoms with Crippen molar-refractivity contribution in [3.05, 3.63) is 0 Å². The molecule has 58 valence electrons. The molecule has 0 aromatic carbocycles. The van der Waals surface area contributed by atoms with Crippen LogP contribution in [0.1, 0.15) is 13.8 Å². The molecular formula is C4H8O5Ti. The fourth-order valence-electron chi connectivity index (χ4n) is 0. The van der Waals surface area contributed by atoms with Gasteiger partial charge in [0.05, 0.1) is 0 Å². The summed E-state index contributed by atoms with van der Waals surface area (Å²) < 4.78 is 0. The number of carbonyl (C=O) groups excluding carboxylic acids is 2. The first-order valence-corrected chi connectivity index (χ1v) is 1.82. The summed E-state index contributed by atoms with van der Waals surface area (Å²) in [4.78, 5) is 17.8. The van der Waals surface area contributed by atoms with Crippen LogP contribution in [0.15, 0.2) is 0 Å². The van der Waals surface area contributed by atoms with Crippen molar-refractivity contribution in [1.29, 1.82) is 0 Å². The second-order valence-corrected chi connectivity index (χ2v) is 0.983. The van der Waals surface area contributed by atoms with Crippen LogP contribution in [0.4, 0.5) is 0 Å². The van der Waals surface area contributed by atoms with E-state index in [0.717, 1.165) is 13.8 Å². The molecule has 0 aromatic rings. The Balaban J connectivity index is -0.0000000300. The van der Waals surface area contributed by atoms with Gasteiger partial charge < -0.3 is 25.3 Å². The molecule has 0 aliphatic heterocycles. The van der Waals surface area contributed by atoms with Crippen molar-refractivity contribution in [2.24, 2.45) is 0 Å². The van der Waals surface area contributed by atoms with E-state index >= 15 is 0 Å². The van der Waals surface area contributed by atoms with Crippen molar-refractivity contribution in [2.45, 2.75) is 13.8 Å². The van der Waals surface area contributed by atoms with Gasteiger partial charge in [-0.1, -0.05) is 0 Å². The number of carbonyl (C=O) groups is 2. The largest absolute Gasteiger partial charge is 2.00 e. The van der Waals surface area contributed by atoms with Crippen molar-refractivity contribution in [2.75, 3.05) is 0 Å².